The first-order valence-corrected chi connectivity index (χ1v) is 7.39. The molecule has 3 N–H and O–H groups in total. The Morgan fingerprint density at radius 3 is 2.86 bits per heavy atom. The highest BCUT2D eigenvalue weighted by atomic mass is 32.1. The molecular formula is C16H12N2O2S. The average Bonchev–Trinajstić information content (AvgIpc) is 3.07. The third kappa shape index (κ3) is 2.07. The Morgan fingerprint density at radius 2 is 2.00 bits per heavy atom. The highest BCUT2D eigenvalue weighted by Crippen LogP contribution is 2.32. The van der Waals surface area contributed by atoms with Crippen molar-refractivity contribution in [3.8, 4) is 0 Å². The van der Waals surface area contributed by atoms with E-state index in [1.54, 1.807) is 11.3 Å². The lowest BCUT2D eigenvalue weighted by atomic mass is 10.1. The number of thiophene rings is 1. The molecule has 0 bridgehead atoms. The zero-order chi connectivity index (χ0) is 14.4. The van der Waals surface area contributed by atoms with Crippen LogP contribution in [0.2, 0.25) is 0 Å². The number of nitrogens with one attached hydrogen (secondary N) is 1. The number of aromatic nitrogens is 1. The molecule has 0 aliphatic rings. The molecule has 0 fully saturated rings. The van der Waals surface area contributed by atoms with Gasteiger partial charge in [-0.15, -0.1) is 11.3 Å². The van der Waals surface area contributed by atoms with E-state index >= 15 is 0 Å². The third-order valence-electron chi connectivity index (χ3n) is 3.56. The summed E-state index contributed by atoms with van der Waals surface area (Å²) in [6.45, 7) is 0. The number of benzene rings is 2. The summed E-state index contributed by atoms with van der Waals surface area (Å²) in [6.07, 6.45) is 0. The number of oxazole rings is 1. The molecule has 21 heavy (non-hydrogen) atoms. The molecule has 4 rings (SSSR count). The molecule has 1 atom stereocenters. The van der Waals surface area contributed by atoms with Crippen LogP contribution < -0.4 is 11.5 Å². The van der Waals surface area contributed by atoms with Gasteiger partial charge < -0.3 is 10.2 Å². The Balaban J connectivity index is 1.80. The largest absolute Gasteiger partial charge is 0.417 e. The van der Waals surface area contributed by atoms with Gasteiger partial charge in [0.05, 0.1) is 11.6 Å². The molecule has 0 saturated heterocycles. The highest BCUT2D eigenvalue weighted by Gasteiger charge is 2.14. The van der Waals surface area contributed by atoms with Crippen LogP contribution in [0.15, 0.2) is 57.7 Å². The van der Waals surface area contributed by atoms with Crippen molar-refractivity contribution in [1.29, 1.82) is 0 Å². The van der Waals surface area contributed by atoms with E-state index in [4.69, 9.17) is 10.2 Å². The lowest BCUT2D eigenvalue weighted by Crippen LogP contribution is -2.09. The second-order valence-corrected chi connectivity index (χ2v) is 6.05. The maximum atomic E-state index is 11.2. The molecule has 0 aliphatic heterocycles. The van der Waals surface area contributed by atoms with Crippen LogP contribution in [0.5, 0.6) is 0 Å². The van der Waals surface area contributed by atoms with Crippen molar-refractivity contribution in [3.63, 3.8) is 0 Å². The monoisotopic (exact) mass is 296 g/mol. The summed E-state index contributed by atoms with van der Waals surface area (Å²) >= 11 is 1.69. The van der Waals surface area contributed by atoms with E-state index < -0.39 is 5.76 Å². The molecule has 0 amide bonds. The Morgan fingerprint density at radius 1 is 1.14 bits per heavy atom. The summed E-state index contributed by atoms with van der Waals surface area (Å²) in [7, 11) is 0. The summed E-state index contributed by atoms with van der Waals surface area (Å²) in [4.78, 5) is 14.9. The molecule has 0 saturated carbocycles. The molecule has 1 unspecified atom stereocenters. The Bertz CT molecular complexity index is 963. The van der Waals surface area contributed by atoms with Gasteiger partial charge in [-0.25, -0.2) is 4.79 Å². The molecule has 2 aromatic carbocycles. The fourth-order valence-electron chi connectivity index (χ4n) is 2.48. The van der Waals surface area contributed by atoms with E-state index in [2.05, 4.69) is 23.2 Å². The minimum atomic E-state index is -0.447. The highest BCUT2D eigenvalue weighted by molar-refractivity contribution is 7.19. The first-order chi connectivity index (χ1) is 10.2. The average molecular weight is 296 g/mol. The molecular weight excluding hydrogens is 284 g/mol. The van der Waals surface area contributed by atoms with Gasteiger partial charge >= 0.3 is 5.76 Å². The van der Waals surface area contributed by atoms with E-state index in [1.165, 1.54) is 10.1 Å². The van der Waals surface area contributed by atoms with Crippen LogP contribution in [-0.4, -0.2) is 4.98 Å². The van der Waals surface area contributed by atoms with Gasteiger partial charge in [0.2, 0.25) is 0 Å². The standard InChI is InChI=1S/C16H12N2O2S/c17-15(14-8-9-3-1-2-4-13(9)21-14)10-5-6-11-12(7-10)20-16(19)18-11/h1-8,15H,17H2,(H,18,19). The topological polar surface area (TPSA) is 72.0 Å². The molecule has 5 heteroatoms. The lowest BCUT2D eigenvalue weighted by Gasteiger charge is -2.09. The van der Waals surface area contributed by atoms with Gasteiger partial charge in [0.25, 0.3) is 0 Å². The van der Waals surface area contributed by atoms with Gasteiger partial charge in [0, 0.05) is 9.58 Å². The number of hydrogen-bond donors (Lipinski definition) is 2. The molecule has 4 aromatic rings. The predicted octanol–water partition coefficient (Wildman–Crippen LogP) is 3.38. The summed E-state index contributed by atoms with van der Waals surface area (Å²) in [6, 6.07) is 15.7. The van der Waals surface area contributed by atoms with Crippen molar-refractivity contribution in [1.82, 2.24) is 4.98 Å². The van der Waals surface area contributed by atoms with Crippen molar-refractivity contribution in [2.24, 2.45) is 5.73 Å². The molecule has 0 radical (unpaired) electrons. The van der Waals surface area contributed by atoms with Crippen LogP contribution >= 0.6 is 11.3 Å². The number of aromatic amines is 1. The maximum Gasteiger partial charge on any atom is 0.417 e. The van der Waals surface area contributed by atoms with Crippen molar-refractivity contribution in [2.75, 3.05) is 0 Å². The van der Waals surface area contributed by atoms with E-state index in [1.807, 2.05) is 30.3 Å². The van der Waals surface area contributed by atoms with Gasteiger partial charge in [0.1, 0.15) is 0 Å². The number of fused-ring (bicyclic) bond motifs is 2. The van der Waals surface area contributed by atoms with Crippen LogP contribution in [0.25, 0.3) is 21.2 Å². The van der Waals surface area contributed by atoms with Crippen LogP contribution in [0, 0.1) is 0 Å². The molecule has 104 valence electrons. The summed E-state index contributed by atoms with van der Waals surface area (Å²) in [5, 5.41) is 1.20. The molecule has 2 heterocycles. The van der Waals surface area contributed by atoms with Crippen molar-refractivity contribution in [3.05, 3.63) is 69.5 Å². The van der Waals surface area contributed by atoms with Crippen LogP contribution in [0.4, 0.5) is 0 Å². The summed E-state index contributed by atoms with van der Waals surface area (Å²) in [5.74, 6) is -0.447. The van der Waals surface area contributed by atoms with E-state index in [-0.39, 0.29) is 6.04 Å². The maximum absolute atomic E-state index is 11.2. The van der Waals surface area contributed by atoms with Gasteiger partial charge in [-0.1, -0.05) is 24.3 Å². The van der Waals surface area contributed by atoms with Crippen LogP contribution in [0.1, 0.15) is 16.5 Å². The van der Waals surface area contributed by atoms with Crippen LogP contribution in [-0.2, 0) is 0 Å². The van der Waals surface area contributed by atoms with Crippen molar-refractivity contribution < 1.29 is 4.42 Å². The van der Waals surface area contributed by atoms with Crippen LogP contribution in [0.3, 0.4) is 0 Å². The summed E-state index contributed by atoms with van der Waals surface area (Å²) in [5.41, 5.74) is 8.51. The molecule has 4 nitrogen and oxygen atoms in total. The fourth-order valence-corrected chi connectivity index (χ4v) is 3.57. The van der Waals surface area contributed by atoms with Crippen molar-refractivity contribution in [2.45, 2.75) is 6.04 Å². The first kappa shape index (κ1) is 12.4. The van der Waals surface area contributed by atoms with Gasteiger partial charge in [-0.2, -0.15) is 0 Å². The zero-order valence-electron chi connectivity index (χ0n) is 11.0. The SMILES string of the molecule is NC(c1ccc2[nH]c(=O)oc2c1)c1cc2ccccc2s1. The number of rotatable bonds is 2. The van der Waals surface area contributed by atoms with Gasteiger partial charge in [-0.3, -0.25) is 4.98 Å². The third-order valence-corrected chi connectivity index (χ3v) is 4.75. The minimum absolute atomic E-state index is 0.230. The second-order valence-electron chi connectivity index (χ2n) is 4.93. The van der Waals surface area contributed by atoms with Crippen molar-refractivity contribution >= 4 is 32.5 Å². The quantitative estimate of drug-likeness (QED) is 0.595. The molecule has 0 aliphatic carbocycles. The lowest BCUT2D eigenvalue weighted by molar-refractivity contribution is 0.555. The normalized spacial score (nSPS) is 13.0. The Hall–Kier alpha value is -2.37. The number of H-pyrrole nitrogens is 1. The fraction of sp³-hybridized carbons (Fsp3) is 0.0625. The number of nitrogens with two attached hydrogens (primary N) is 1. The van der Waals surface area contributed by atoms with Gasteiger partial charge in [0.15, 0.2) is 5.58 Å². The second kappa shape index (κ2) is 4.58. The Labute approximate surface area is 123 Å². The van der Waals surface area contributed by atoms with Gasteiger partial charge in [-0.05, 0) is 35.2 Å². The summed E-state index contributed by atoms with van der Waals surface area (Å²) < 4.78 is 6.31. The molecule has 2 aromatic heterocycles. The Kier molecular flexibility index (Phi) is 2.70. The number of hydrogen-bond acceptors (Lipinski definition) is 4. The zero-order valence-corrected chi connectivity index (χ0v) is 11.8. The predicted molar refractivity (Wildman–Crippen MR) is 84.7 cm³/mol. The van der Waals surface area contributed by atoms with E-state index in [0.29, 0.717) is 11.1 Å². The first-order valence-electron chi connectivity index (χ1n) is 6.57. The van der Waals surface area contributed by atoms with E-state index in [0.717, 1.165) is 10.4 Å². The van der Waals surface area contributed by atoms with E-state index in [9.17, 15) is 4.79 Å². The smallest absolute Gasteiger partial charge is 0.408 e. The minimum Gasteiger partial charge on any atom is -0.408 e. The molecule has 0 spiro atoms.